The van der Waals surface area contributed by atoms with Crippen molar-refractivity contribution in [3.05, 3.63) is 65.7 Å². The largest absolute Gasteiger partial charge is 0.385 e. The van der Waals surface area contributed by atoms with E-state index >= 15 is 0 Å². The van der Waals surface area contributed by atoms with Gasteiger partial charge in [0.25, 0.3) is 0 Å². The summed E-state index contributed by atoms with van der Waals surface area (Å²) in [6.45, 7) is 4.07. The number of rotatable bonds is 8. The zero-order valence-corrected chi connectivity index (χ0v) is 12.9. The summed E-state index contributed by atoms with van der Waals surface area (Å²) >= 11 is 0. The van der Waals surface area contributed by atoms with Crippen LogP contribution in [-0.4, -0.2) is 13.1 Å². The molecule has 0 spiro atoms. The second kappa shape index (κ2) is 8.48. The van der Waals surface area contributed by atoms with Gasteiger partial charge in [-0.05, 0) is 48.9 Å². The Kier molecular flexibility index (Phi) is 6.29. The van der Waals surface area contributed by atoms with Crippen LogP contribution in [0.1, 0.15) is 30.9 Å². The molecule has 0 heterocycles. The number of nitrogens with one attached hydrogen (secondary N) is 1. The van der Waals surface area contributed by atoms with E-state index < -0.39 is 0 Å². The topological polar surface area (TPSA) is 38.0 Å². The molecule has 0 fully saturated rings. The third-order valence-electron chi connectivity index (χ3n) is 3.80. The lowest BCUT2D eigenvalue weighted by molar-refractivity contribution is 0.538. The first-order chi connectivity index (χ1) is 10.3. The molecule has 2 aromatic carbocycles. The van der Waals surface area contributed by atoms with E-state index in [9.17, 15) is 0 Å². The van der Waals surface area contributed by atoms with E-state index in [1.54, 1.807) is 0 Å². The molecule has 0 radical (unpaired) electrons. The summed E-state index contributed by atoms with van der Waals surface area (Å²) in [6, 6.07) is 19.2. The molecule has 0 saturated heterocycles. The van der Waals surface area contributed by atoms with Crippen molar-refractivity contribution in [3.63, 3.8) is 0 Å². The molecule has 3 N–H and O–H groups in total. The zero-order chi connectivity index (χ0) is 14.9. The van der Waals surface area contributed by atoms with Crippen molar-refractivity contribution in [2.24, 2.45) is 11.7 Å². The highest BCUT2D eigenvalue weighted by molar-refractivity contribution is 5.52. The molecular weight excluding hydrogens is 256 g/mol. The maximum atomic E-state index is 5.57. The van der Waals surface area contributed by atoms with E-state index in [4.69, 9.17) is 5.73 Å². The highest BCUT2D eigenvalue weighted by atomic mass is 14.9. The molecule has 0 aliphatic heterocycles. The molecule has 0 aliphatic rings. The first-order valence-electron chi connectivity index (χ1n) is 7.85. The van der Waals surface area contributed by atoms with Gasteiger partial charge in [-0.2, -0.15) is 0 Å². The fourth-order valence-corrected chi connectivity index (χ4v) is 2.52. The molecule has 21 heavy (non-hydrogen) atoms. The Morgan fingerprint density at radius 3 is 2.48 bits per heavy atom. The molecule has 2 aromatic rings. The second-order valence-electron chi connectivity index (χ2n) is 5.74. The maximum absolute atomic E-state index is 5.57. The van der Waals surface area contributed by atoms with Crippen molar-refractivity contribution in [1.82, 2.24) is 0 Å². The molecule has 0 bridgehead atoms. The molecule has 112 valence electrons. The minimum Gasteiger partial charge on any atom is -0.385 e. The molecule has 2 rings (SSSR count). The molecule has 0 aromatic heterocycles. The molecule has 1 unspecified atom stereocenters. The second-order valence-corrected chi connectivity index (χ2v) is 5.74. The highest BCUT2D eigenvalue weighted by Crippen LogP contribution is 2.20. The molecule has 1 atom stereocenters. The van der Waals surface area contributed by atoms with Gasteiger partial charge in [0.15, 0.2) is 0 Å². The van der Waals surface area contributed by atoms with Crippen molar-refractivity contribution in [2.45, 2.75) is 26.2 Å². The zero-order valence-electron chi connectivity index (χ0n) is 12.9. The van der Waals surface area contributed by atoms with Crippen LogP contribution in [0.5, 0.6) is 0 Å². The van der Waals surface area contributed by atoms with Crippen molar-refractivity contribution < 1.29 is 0 Å². The Hall–Kier alpha value is -1.80. The standard InChI is InChI=1S/C19H26N2/c1-16(8-7-13-20)15-21-19-12-6-5-11-18(19)14-17-9-3-2-4-10-17/h2-6,9-12,16,21H,7-8,13-15,20H2,1H3. The number of anilines is 1. The monoisotopic (exact) mass is 282 g/mol. The smallest absolute Gasteiger partial charge is 0.0376 e. The molecule has 2 nitrogen and oxygen atoms in total. The van der Waals surface area contributed by atoms with E-state index in [1.807, 2.05) is 0 Å². The van der Waals surface area contributed by atoms with Gasteiger partial charge in [-0.3, -0.25) is 0 Å². The molecule has 0 aliphatic carbocycles. The molecule has 0 saturated carbocycles. The number of nitrogens with two attached hydrogens (primary N) is 1. The molecule has 2 heteroatoms. The quantitative estimate of drug-likeness (QED) is 0.766. The van der Waals surface area contributed by atoms with Crippen LogP contribution >= 0.6 is 0 Å². The van der Waals surface area contributed by atoms with Crippen LogP contribution in [-0.2, 0) is 6.42 Å². The van der Waals surface area contributed by atoms with Gasteiger partial charge in [0.05, 0.1) is 0 Å². The Labute approximate surface area is 128 Å². The molecule has 0 amide bonds. The van der Waals surface area contributed by atoms with E-state index in [0.717, 1.165) is 25.9 Å². The summed E-state index contributed by atoms with van der Waals surface area (Å²) in [6.07, 6.45) is 3.26. The van der Waals surface area contributed by atoms with Gasteiger partial charge in [0.2, 0.25) is 0 Å². The minimum absolute atomic E-state index is 0.651. The normalized spacial score (nSPS) is 12.1. The van der Waals surface area contributed by atoms with Gasteiger partial charge in [0, 0.05) is 12.2 Å². The van der Waals surface area contributed by atoms with Crippen LogP contribution in [0.15, 0.2) is 54.6 Å². The summed E-state index contributed by atoms with van der Waals surface area (Å²) in [7, 11) is 0. The Balaban J connectivity index is 1.97. The van der Waals surface area contributed by atoms with Gasteiger partial charge >= 0.3 is 0 Å². The first-order valence-corrected chi connectivity index (χ1v) is 7.85. The van der Waals surface area contributed by atoms with Crippen LogP contribution in [0.3, 0.4) is 0 Å². The van der Waals surface area contributed by atoms with Crippen LogP contribution in [0.4, 0.5) is 5.69 Å². The lowest BCUT2D eigenvalue weighted by Gasteiger charge is -2.16. The summed E-state index contributed by atoms with van der Waals surface area (Å²) in [5.41, 5.74) is 9.53. The van der Waals surface area contributed by atoms with Crippen molar-refractivity contribution in [1.29, 1.82) is 0 Å². The van der Waals surface area contributed by atoms with Crippen LogP contribution < -0.4 is 11.1 Å². The van der Waals surface area contributed by atoms with Gasteiger partial charge < -0.3 is 11.1 Å². The van der Waals surface area contributed by atoms with E-state index in [0.29, 0.717) is 5.92 Å². The lowest BCUT2D eigenvalue weighted by Crippen LogP contribution is -2.14. The number of para-hydroxylation sites is 1. The van der Waals surface area contributed by atoms with Crippen molar-refractivity contribution in [2.75, 3.05) is 18.4 Å². The first kappa shape index (κ1) is 15.6. The highest BCUT2D eigenvalue weighted by Gasteiger charge is 2.05. The maximum Gasteiger partial charge on any atom is 0.0376 e. The van der Waals surface area contributed by atoms with E-state index in [-0.39, 0.29) is 0 Å². The third-order valence-corrected chi connectivity index (χ3v) is 3.80. The van der Waals surface area contributed by atoms with E-state index in [1.165, 1.54) is 23.2 Å². The fourth-order valence-electron chi connectivity index (χ4n) is 2.52. The molecular formula is C19H26N2. The predicted octanol–water partition coefficient (Wildman–Crippen LogP) is 4.06. The lowest BCUT2D eigenvalue weighted by atomic mass is 10.0. The van der Waals surface area contributed by atoms with Crippen LogP contribution in [0, 0.1) is 5.92 Å². The fraction of sp³-hybridized carbons (Fsp3) is 0.368. The number of hydrogen-bond acceptors (Lipinski definition) is 2. The summed E-state index contributed by atoms with van der Waals surface area (Å²) in [5, 5.41) is 3.60. The summed E-state index contributed by atoms with van der Waals surface area (Å²) < 4.78 is 0. The SMILES string of the molecule is CC(CCCN)CNc1ccccc1Cc1ccccc1. The van der Waals surface area contributed by atoms with Gasteiger partial charge in [-0.1, -0.05) is 55.5 Å². The van der Waals surface area contributed by atoms with Crippen LogP contribution in [0.2, 0.25) is 0 Å². The number of benzene rings is 2. The van der Waals surface area contributed by atoms with Crippen molar-refractivity contribution >= 4 is 5.69 Å². The van der Waals surface area contributed by atoms with Gasteiger partial charge in [0.1, 0.15) is 0 Å². The van der Waals surface area contributed by atoms with Crippen molar-refractivity contribution in [3.8, 4) is 0 Å². The van der Waals surface area contributed by atoms with Gasteiger partial charge in [-0.25, -0.2) is 0 Å². The predicted molar refractivity (Wildman–Crippen MR) is 91.6 cm³/mol. The average molecular weight is 282 g/mol. The number of hydrogen-bond donors (Lipinski definition) is 2. The summed E-state index contributed by atoms with van der Waals surface area (Å²) in [5.74, 6) is 0.651. The average Bonchev–Trinajstić information content (AvgIpc) is 2.53. The Bertz CT molecular complexity index is 522. The third kappa shape index (κ3) is 5.24. The minimum atomic E-state index is 0.651. The summed E-state index contributed by atoms with van der Waals surface area (Å²) in [4.78, 5) is 0. The van der Waals surface area contributed by atoms with Crippen LogP contribution in [0.25, 0.3) is 0 Å². The Morgan fingerprint density at radius 2 is 1.71 bits per heavy atom. The Morgan fingerprint density at radius 1 is 1.00 bits per heavy atom. The van der Waals surface area contributed by atoms with Gasteiger partial charge in [-0.15, -0.1) is 0 Å². The van der Waals surface area contributed by atoms with E-state index in [2.05, 4.69) is 66.8 Å².